The molecule has 1 heterocycles. The van der Waals surface area contributed by atoms with Gasteiger partial charge in [0, 0.05) is 26.2 Å². The van der Waals surface area contributed by atoms with E-state index in [1.54, 1.807) is 42.5 Å². The first-order valence-electron chi connectivity index (χ1n) is 9.97. The lowest BCUT2D eigenvalue weighted by molar-refractivity contribution is -0.131. The van der Waals surface area contributed by atoms with Crippen molar-refractivity contribution < 1.29 is 19.1 Å². The van der Waals surface area contributed by atoms with E-state index in [9.17, 15) is 9.90 Å². The fourth-order valence-corrected chi connectivity index (χ4v) is 6.32. The van der Waals surface area contributed by atoms with Gasteiger partial charge in [0.1, 0.15) is 17.3 Å². The van der Waals surface area contributed by atoms with Crippen molar-refractivity contribution >= 4 is 104 Å². The topological polar surface area (TPSA) is 85.5 Å². The fourth-order valence-electron chi connectivity index (χ4n) is 2.93. The zero-order chi connectivity index (χ0) is 25.8. The monoisotopic (exact) mass is 784 g/mol. The predicted octanol–water partition coefficient (Wildman–Crippen LogP) is 8.70. The highest BCUT2D eigenvalue weighted by atomic mass is 127. The van der Waals surface area contributed by atoms with Crippen LogP contribution >= 0.6 is 91.7 Å². The van der Waals surface area contributed by atoms with Crippen molar-refractivity contribution in [2.45, 2.75) is 11.8 Å². The molecule has 0 radical (unpaired) electrons. The zero-order valence-electron chi connectivity index (χ0n) is 17.8. The molecule has 3 aromatic carbocycles. The van der Waals surface area contributed by atoms with E-state index in [2.05, 4.69) is 55.4 Å². The van der Waals surface area contributed by atoms with Crippen LogP contribution < -0.4 is 4.74 Å². The Balaban J connectivity index is 1.52. The number of carboxylic acid groups (broad SMARTS) is 1. The minimum Gasteiger partial charge on any atom is -0.487 e. The van der Waals surface area contributed by atoms with Gasteiger partial charge in [0.15, 0.2) is 0 Å². The van der Waals surface area contributed by atoms with Gasteiger partial charge in [0.25, 0.3) is 5.22 Å². The largest absolute Gasteiger partial charge is 0.487 e. The molecule has 1 N–H and O–H groups in total. The maximum absolute atomic E-state index is 11.9. The number of hydrogen-bond donors (Lipinski definition) is 1. The SMILES string of the molecule is O=C(O)/C(=C/c1cc(I)c(OCc2ccc(Cl)cc2Cl)c(I)c1)Sc1nnc(-c2ccc(Cl)cc2)o1. The number of carbonyl (C=O) groups is 1. The summed E-state index contributed by atoms with van der Waals surface area (Å²) in [6.45, 7) is 0.264. The number of ether oxygens (including phenoxy) is 1. The standard InChI is InChI=1S/C24H13Cl3I2N2O4S/c25-15-4-1-13(2-5-15)22-30-31-24(35-22)36-20(23(32)33)9-12-7-18(28)21(19(29)8-12)34-11-14-3-6-16(26)10-17(14)27/h1-10H,11H2,(H,32,33)/b20-9-. The Kier molecular flexibility index (Phi) is 9.45. The molecule has 0 aliphatic carbocycles. The molecular formula is C24H13Cl3I2N2O4S. The Morgan fingerprint density at radius 1 is 1.00 bits per heavy atom. The Morgan fingerprint density at radius 2 is 1.67 bits per heavy atom. The molecule has 0 saturated heterocycles. The minimum absolute atomic E-state index is 0.0227. The molecule has 184 valence electrons. The van der Waals surface area contributed by atoms with Gasteiger partial charge >= 0.3 is 5.97 Å². The average Bonchev–Trinajstić information content (AvgIpc) is 3.28. The van der Waals surface area contributed by atoms with E-state index in [0.717, 1.165) is 24.5 Å². The summed E-state index contributed by atoms with van der Waals surface area (Å²) in [5.74, 6) is -0.173. The van der Waals surface area contributed by atoms with Crippen LogP contribution in [0, 0.1) is 7.14 Å². The summed E-state index contributed by atoms with van der Waals surface area (Å²) in [5.41, 5.74) is 2.17. The molecule has 0 amide bonds. The molecule has 0 aliphatic rings. The number of aliphatic carboxylic acids is 1. The Bertz CT molecular complexity index is 1440. The summed E-state index contributed by atoms with van der Waals surface area (Å²) >= 11 is 23.3. The van der Waals surface area contributed by atoms with Crippen LogP contribution in [0.25, 0.3) is 17.5 Å². The van der Waals surface area contributed by atoms with Crippen molar-refractivity contribution in [3.05, 3.63) is 92.8 Å². The third kappa shape index (κ3) is 7.07. The van der Waals surface area contributed by atoms with Crippen LogP contribution in [0.2, 0.25) is 15.1 Å². The lowest BCUT2D eigenvalue weighted by Crippen LogP contribution is -2.01. The van der Waals surface area contributed by atoms with E-state index >= 15 is 0 Å². The van der Waals surface area contributed by atoms with E-state index in [0.29, 0.717) is 31.9 Å². The van der Waals surface area contributed by atoms with Gasteiger partial charge in [0.2, 0.25) is 5.89 Å². The van der Waals surface area contributed by atoms with Crippen LogP contribution in [0.4, 0.5) is 0 Å². The summed E-state index contributed by atoms with van der Waals surface area (Å²) < 4.78 is 13.3. The van der Waals surface area contributed by atoms with Gasteiger partial charge < -0.3 is 14.3 Å². The molecule has 4 aromatic rings. The van der Waals surface area contributed by atoms with Crippen LogP contribution in [-0.2, 0) is 11.4 Å². The molecular weight excluding hydrogens is 773 g/mol. The number of nitrogens with zero attached hydrogens (tertiary/aromatic N) is 2. The summed E-state index contributed by atoms with van der Waals surface area (Å²) in [7, 11) is 0. The maximum Gasteiger partial charge on any atom is 0.342 e. The summed E-state index contributed by atoms with van der Waals surface area (Å²) in [5, 5.41) is 19.5. The Morgan fingerprint density at radius 3 is 2.31 bits per heavy atom. The predicted molar refractivity (Wildman–Crippen MR) is 159 cm³/mol. The minimum atomic E-state index is -1.12. The van der Waals surface area contributed by atoms with Gasteiger partial charge in [-0.3, -0.25) is 0 Å². The maximum atomic E-state index is 11.9. The second-order valence-corrected chi connectivity index (χ2v) is 11.7. The van der Waals surface area contributed by atoms with E-state index in [-0.39, 0.29) is 22.6 Å². The summed E-state index contributed by atoms with van der Waals surface area (Å²) in [6.07, 6.45) is 1.54. The van der Waals surface area contributed by atoms with E-state index < -0.39 is 5.97 Å². The lowest BCUT2D eigenvalue weighted by Gasteiger charge is -2.13. The van der Waals surface area contributed by atoms with Crippen molar-refractivity contribution in [2.24, 2.45) is 0 Å². The molecule has 12 heteroatoms. The van der Waals surface area contributed by atoms with Crippen LogP contribution in [-0.4, -0.2) is 21.3 Å². The van der Waals surface area contributed by atoms with Gasteiger partial charge in [-0.1, -0.05) is 40.9 Å². The second-order valence-electron chi connectivity index (χ2n) is 7.13. The molecule has 0 fully saturated rings. The quantitative estimate of drug-likeness (QED) is 0.109. The van der Waals surface area contributed by atoms with Gasteiger partial charge in [0.05, 0.1) is 7.14 Å². The first-order valence-corrected chi connectivity index (χ1v) is 14.1. The number of aromatic nitrogens is 2. The third-order valence-corrected chi connectivity index (χ3v) is 7.90. The van der Waals surface area contributed by atoms with Crippen molar-refractivity contribution in [2.75, 3.05) is 0 Å². The van der Waals surface area contributed by atoms with Gasteiger partial charge in [-0.05, 0) is 117 Å². The molecule has 0 saturated carbocycles. The van der Waals surface area contributed by atoms with Crippen LogP contribution in [0.5, 0.6) is 5.75 Å². The molecule has 36 heavy (non-hydrogen) atoms. The molecule has 0 aliphatic heterocycles. The van der Waals surface area contributed by atoms with Gasteiger partial charge in [-0.2, -0.15) is 0 Å². The first-order chi connectivity index (χ1) is 17.2. The molecule has 0 atom stereocenters. The Hall–Kier alpha value is -1.51. The normalized spacial score (nSPS) is 11.5. The van der Waals surface area contributed by atoms with Crippen LogP contribution in [0.1, 0.15) is 11.1 Å². The average molecular weight is 786 g/mol. The molecule has 0 bridgehead atoms. The van der Waals surface area contributed by atoms with E-state index in [1.807, 2.05) is 18.2 Å². The number of rotatable bonds is 8. The number of hydrogen-bond acceptors (Lipinski definition) is 6. The fraction of sp³-hybridized carbons (Fsp3) is 0.0417. The van der Waals surface area contributed by atoms with E-state index in [1.165, 1.54) is 0 Å². The van der Waals surface area contributed by atoms with Crippen molar-refractivity contribution in [1.82, 2.24) is 10.2 Å². The molecule has 1 aromatic heterocycles. The second kappa shape index (κ2) is 12.4. The highest BCUT2D eigenvalue weighted by molar-refractivity contribution is 14.1. The lowest BCUT2D eigenvalue weighted by atomic mass is 10.2. The molecule has 6 nitrogen and oxygen atoms in total. The van der Waals surface area contributed by atoms with Crippen LogP contribution in [0.15, 0.2) is 69.1 Å². The van der Waals surface area contributed by atoms with Crippen molar-refractivity contribution in [1.29, 1.82) is 0 Å². The number of thioether (sulfide) groups is 1. The third-order valence-electron chi connectivity index (χ3n) is 4.61. The van der Waals surface area contributed by atoms with Crippen molar-refractivity contribution in [3.63, 3.8) is 0 Å². The summed E-state index contributed by atoms with van der Waals surface area (Å²) in [4.78, 5) is 12.0. The first kappa shape index (κ1) is 27.5. The number of halogens is 5. The zero-order valence-corrected chi connectivity index (χ0v) is 25.2. The van der Waals surface area contributed by atoms with Gasteiger partial charge in [-0.25, -0.2) is 4.79 Å². The number of benzene rings is 3. The molecule has 4 rings (SSSR count). The molecule has 0 unspecified atom stereocenters. The molecule has 0 spiro atoms. The highest BCUT2D eigenvalue weighted by Crippen LogP contribution is 2.34. The highest BCUT2D eigenvalue weighted by Gasteiger charge is 2.17. The van der Waals surface area contributed by atoms with Gasteiger partial charge in [-0.15, -0.1) is 10.2 Å². The smallest absolute Gasteiger partial charge is 0.342 e. The van der Waals surface area contributed by atoms with Crippen molar-refractivity contribution in [3.8, 4) is 17.2 Å². The van der Waals surface area contributed by atoms with E-state index in [4.69, 9.17) is 44.0 Å². The summed E-state index contributed by atoms with van der Waals surface area (Å²) in [6, 6.07) is 15.8. The van der Waals surface area contributed by atoms with Crippen LogP contribution in [0.3, 0.4) is 0 Å². The Labute approximate surface area is 252 Å². The number of carboxylic acids is 1.